The number of rotatable bonds is 6. The van der Waals surface area contributed by atoms with Gasteiger partial charge in [-0.2, -0.15) is 5.10 Å². The van der Waals surface area contributed by atoms with Crippen molar-refractivity contribution in [1.82, 2.24) is 20.0 Å². The number of esters is 1. The van der Waals surface area contributed by atoms with Crippen LogP contribution < -0.4 is 5.32 Å². The Labute approximate surface area is 181 Å². The zero-order chi connectivity index (χ0) is 22.3. The van der Waals surface area contributed by atoms with E-state index in [2.05, 4.69) is 10.4 Å². The first-order valence-electron chi connectivity index (χ1n) is 9.09. The summed E-state index contributed by atoms with van der Waals surface area (Å²) in [4.78, 5) is 49.3. The van der Waals surface area contributed by atoms with Crippen molar-refractivity contribution in [2.45, 2.75) is 45.2 Å². The van der Waals surface area contributed by atoms with Crippen LogP contribution in [-0.2, 0) is 23.9 Å². The van der Waals surface area contributed by atoms with Gasteiger partial charge >= 0.3 is 11.9 Å². The molecule has 0 unspecified atom stereocenters. The number of aryl methyl sites for hydroxylation is 1. The van der Waals surface area contributed by atoms with E-state index >= 15 is 0 Å². The Morgan fingerprint density at radius 1 is 1.40 bits per heavy atom. The third-order valence-electron chi connectivity index (χ3n) is 4.98. The number of carboxylic acid groups (broad SMARTS) is 1. The van der Waals surface area contributed by atoms with Crippen molar-refractivity contribution in [2.75, 3.05) is 12.4 Å². The first-order chi connectivity index (χ1) is 14.0. The van der Waals surface area contributed by atoms with Gasteiger partial charge in [0.05, 0.1) is 16.4 Å². The first-order valence-corrected chi connectivity index (χ1v) is 10.5. The van der Waals surface area contributed by atoms with Crippen LogP contribution in [0.25, 0.3) is 0 Å². The minimum Gasteiger partial charge on any atom is -0.477 e. The third-order valence-corrected chi connectivity index (χ3v) is 6.87. The van der Waals surface area contributed by atoms with Crippen LogP contribution in [0.5, 0.6) is 0 Å². The average molecular weight is 457 g/mol. The number of amides is 2. The van der Waals surface area contributed by atoms with Crippen LogP contribution in [0.1, 0.15) is 31.3 Å². The lowest BCUT2D eigenvalue weighted by molar-refractivity contribution is -0.151. The molecule has 10 nitrogen and oxygen atoms in total. The van der Waals surface area contributed by atoms with E-state index < -0.39 is 41.2 Å². The Kier molecular flexibility index (Phi) is 6.14. The van der Waals surface area contributed by atoms with Gasteiger partial charge < -0.3 is 15.2 Å². The molecule has 3 heterocycles. The summed E-state index contributed by atoms with van der Waals surface area (Å²) in [7, 11) is 0. The minimum absolute atomic E-state index is 0.200. The summed E-state index contributed by atoms with van der Waals surface area (Å²) in [6.45, 7) is 6.13. The largest absolute Gasteiger partial charge is 0.477 e. The molecule has 0 saturated carbocycles. The van der Waals surface area contributed by atoms with Gasteiger partial charge in [-0.3, -0.25) is 24.0 Å². The molecule has 0 aromatic carbocycles. The number of nitrogens with one attached hydrogen (secondary N) is 1. The molecule has 1 aromatic heterocycles. The fraction of sp³-hybridized carbons (Fsp3) is 0.500. The number of halogens is 1. The minimum atomic E-state index is -1.29. The summed E-state index contributed by atoms with van der Waals surface area (Å²) in [5.74, 6) is -2.53. The van der Waals surface area contributed by atoms with Gasteiger partial charge in [0.2, 0.25) is 5.91 Å². The average Bonchev–Trinajstić information content (AvgIpc) is 2.95. The number of β-lactam (4-membered cyclic amide) rings is 1. The van der Waals surface area contributed by atoms with E-state index in [1.807, 2.05) is 0 Å². The molecular weight excluding hydrogens is 436 g/mol. The Morgan fingerprint density at radius 2 is 2.07 bits per heavy atom. The fourth-order valence-electron chi connectivity index (χ4n) is 3.39. The highest BCUT2D eigenvalue weighted by molar-refractivity contribution is 8.00. The van der Waals surface area contributed by atoms with Crippen LogP contribution in [0.4, 0.5) is 0 Å². The molecule has 1 aromatic rings. The number of carbonyl (C=O) groups excluding carboxylic acids is 3. The Balaban J connectivity index is 1.74. The lowest BCUT2D eigenvalue weighted by atomic mass is 10.0. The zero-order valence-corrected chi connectivity index (χ0v) is 18.3. The van der Waals surface area contributed by atoms with Crippen LogP contribution in [-0.4, -0.2) is 67.3 Å². The zero-order valence-electron chi connectivity index (χ0n) is 16.8. The van der Waals surface area contributed by atoms with Crippen LogP contribution in [0, 0.1) is 13.8 Å². The molecule has 0 spiro atoms. The van der Waals surface area contributed by atoms with Gasteiger partial charge in [0.25, 0.3) is 5.91 Å². The van der Waals surface area contributed by atoms with Gasteiger partial charge in [-0.05, 0) is 20.8 Å². The van der Waals surface area contributed by atoms with E-state index in [1.165, 1.54) is 23.4 Å². The van der Waals surface area contributed by atoms with Crippen molar-refractivity contribution >= 4 is 47.1 Å². The molecule has 1 saturated heterocycles. The second-order valence-corrected chi connectivity index (χ2v) is 8.52. The number of nitrogens with zero attached hydrogens (tertiary/aromatic N) is 3. The number of carboxylic acids is 1. The maximum absolute atomic E-state index is 12.7. The molecule has 2 aliphatic heterocycles. The SMILES string of the molecule is CC(=O)OCC1=C(C(=O)O)N2C(=O)[C@H](NC(=O)[C@H](C)n3nc(C)c(Cl)c3C)[C@@H]2SC1. The lowest BCUT2D eigenvalue weighted by Gasteiger charge is -2.49. The molecule has 12 heteroatoms. The molecule has 162 valence electrons. The normalized spacial score (nSPS) is 21.6. The Morgan fingerprint density at radius 3 is 2.60 bits per heavy atom. The summed E-state index contributed by atoms with van der Waals surface area (Å²) < 4.78 is 6.39. The second-order valence-electron chi connectivity index (χ2n) is 7.04. The molecule has 3 atom stereocenters. The van der Waals surface area contributed by atoms with Crippen molar-refractivity contribution in [3.8, 4) is 0 Å². The predicted molar refractivity (Wildman–Crippen MR) is 108 cm³/mol. The first kappa shape index (κ1) is 22.2. The number of aromatic nitrogens is 2. The van der Waals surface area contributed by atoms with Crippen molar-refractivity contribution in [3.63, 3.8) is 0 Å². The number of hydrogen-bond donors (Lipinski definition) is 2. The monoisotopic (exact) mass is 456 g/mol. The van der Waals surface area contributed by atoms with Crippen molar-refractivity contribution in [2.24, 2.45) is 0 Å². The van der Waals surface area contributed by atoms with Crippen LogP contribution in [0.2, 0.25) is 5.02 Å². The number of thioether (sulfide) groups is 1. The number of hydrogen-bond acceptors (Lipinski definition) is 7. The van der Waals surface area contributed by atoms with Crippen molar-refractivity contribution in [1.29, 1.82) is 0 Å². The van der Waals surface area contributed by atoms with Gasteiger partial charge in [0.1, 0.15) is 29.8 Å². The summed E-state index contributed by atoms with van der Waals surface area (Å²) in [5.41, 5.74) is 1.37. The summed E-state index contributed by atoms with van der Waals surface area (Å²) >= 11 is 7.44. The van der Waals surface area contributed by atoms with E-state index in [-0.39, 0.29) is 18.1 Å². The standard InChI is InChI=1S/C18H21ClN4O6S/c1-7-12(19)8(2)23(21-7)9(3)15(25)20-13-16(26)22-14(18(27)28)11(5-29-10(4)24)6-30-17(13)22/h9,13,17H,5-6H2,1-4H3,(H,20,25)(H,27,28)/t9-,13-,17-/m0/s1. The molecule has 2 aliphatic rings. The highest BCUT2D eigenvalue weighted by Gasteiger charge is 2.54. The highest BCUT2D eigenvalue weighted by atomic mass is 35.5. The summed E-state index contributed by atoms with van der Waals surface area (Å²) in [5, 5.41) is 16.4. The van der Waals surface area contributed by atoms with E-state index in [0.29, 0.717) is 22.0 Å². The lowest BCUT2D eigenvalue weighted by Crippen LogP contribution is -2.71. The van der Waals surface area contributed by atoms with Gasteiger partial charge in [-0.1, -0.05) is 11.6 Å². The summed E-state index contributed by atoms with van der Waals surface area (Å²) in [6.07, 6.45) is 0. The predicted octanol–water partition coefficient (Wildman–Crippen LogP) is 1.02. The Bertz CT molecular complexity index is 974. The van der Waals surface area contributed by atoms with Gasteiger partial charge in [0.15, 0.2) is 0 Å². The van der Waals surface area contributed by atoms with E-state index in [0.717, 1.165) is 4.90 Å². The van der Waals surface area contributed by atoms with E-state index in [4.69, 9.17) is 16.3 Å². The van der Waals surface area contributed by atoms with Crippen LogP contribution in [0.3, 0.4) is 0 Å². The van der Waals surface area contributed by atoms with Gasteiger partial charge in [-0.15, -0.1) is 11.8 Å². The maximum atomic E-state index is 12.7. The van der Waals surface area contributed by atoms with E-state index in [1.54, 1.807) is 20.8 Å². The number of aliphatic carboxylic acids is 1. The van der Waals surface area contributed by atoms with Crippen LogP contribution >= 0.6 is 23.4 Å². The number of carbonyl (C=O) groups is 4. The number of ether oxygens (including phenoxy) is 1. The topological polar surface area (TPSA) is 131 Å². The highest BCUT2D eigenvalue weighted by Crippen LogP contribution is 2.40. The number of fused-ring (bicyclic) bond motifs is 1. The molecular formula is C18H21ClN4O6S. The fourth-order valence-corrected chi connectivity index (χ4v) is 4.84. The molecule has 0 aliphatic carbocycles. The van der Waals surface area contributed by atoms with Crippen molar-refractivity contribution < 1.29 is 29.0 Å². The summed E-state index contributed by atoms with van der Waals surface area (Å²) in [6, 6.07) is -1.57. The van der Waals surface area contributed by atoms with Gasteiger partial charge in [-0.25, -0.2) is 4.79 Å². The second kappa shape index (κ2) is 8.31. The molecule has 1 fully saturated rings. The maximum Gasteiger partial charge on any atom is 0.352 e. The Hall–Kier alpha value is -2.53. The molecule has 3 rings (SSSR count). The third kappa shape index (κ3) is 3.79. The van der Waals surface area contributed by atoms with Crippen LogP contribution in [0.15, 0.2) is 11.3 Å². The molecule has 2 amide bonds. The molecule has 2 N–H and O–H groups in total. The smallest absolute Gasteiger partial charge is 0.352 e. The molecule has 0 bridgehead atoms. The molecule has 30 heavy (non-hydrogen) atoms. The van der Waals surface area contributed by atoms with Gasteiger partial charge in [0, 0.05) is 18.2 Å². The quantitative estimate of drug-likeness (QED) is 0.479. The van der Waals surface area contributed by atoms with Crippen molar-refractivity contribution in [3.05, 3.63) is 27.7 Å². The molecule has 0 radical (unpaired) electrons. The van der Waals surface area contributed by atoms with E-state index in [9.17, 15) is 24.3 Å².